The van der Waals surface area contributed by atoms with Crippen molar-refractivity contribution < 1.29 is 27.5 Å². The number of carbonyl (C=O) groups excluding carboxylic acids is 2. The van der Waals surface area contributed by atoms with Gasteiger partial charge in [0, 0.05) is 24.6 Å². The van der Waals surface area contributed by atoms with Crippen molar-refractivity contribution in [1.29, 1.82) is 0 Å². The normalized spacial score (nSPS) is 11.3. The summed E-state index contributed by atoms with van der Waals surface area (Å²) in [5.41, 5.74) is 3.74. The van der Waals surface area contributed by atoms with Crippen molar-refractivity contribution in [3.8, 4) is 5.75 Å². The number of ether oxygens (including phenoxy) is 1. The Hall–Kier alpha value is -5.52. The van der Waals surface area contributed by atoms with Crippen LogP contribution in [0.4, 0.5) is 19.1 Å². The predicted molar refractivity (Wildman–Crippen MR) is 156 cm³/mol. The molecular formula is C32H27F3N6O3. The number of amides is 2. The molecule has 0 aliphatic carbocycles. The van der Waals surface area contributed by atoms with E-state index in [4.69, 9.17) is 0 Å². The number of H-pyrrole nitrogens is 1. The molecule has 2 amide bonds. The summed E-state index contributed by atoms with van der Waals surface area (Å²) in [7, 11) is 0. The zero-order valence-electron chi connectivity index (χ0n) is 23.2. The van der Waals surface area contributed by atoms with Gasteiger partial charge in [-0.3, -0.25) is 14.9 Å². The van der Waals surface area contributed by atoms with Crippen LogP contribution in [0.15, 0.2) is 109 Å². The van der Waals surface area contributed by atoms with E-state index < -0.39 is 12.3 Å². The van der Waals surface area contributed by atoms with Crippen molar-refractivity contribution in [2.24, 2.45) is 0 Å². The Morgan fingerprint density at radius 3 is 1.95 bits per heavy atom. The molecule has 2 N–H and O–H groups in total. The molecule has 0 fully saturated rings. The van der Waals surface area contributed by atoms with E-state index in [-0.39, 0.29) is 36.5 Å². The number of nitrogens with one attached hydrogen (secondary N) is 2. The van der Waals surface area contributed by atoms with Gasteiger partial charge in [0.2, 0.25) is 5.91 Å². The molecule has 0 radical (unpaired) electrons. The average molecular weight is 601 g/mol. The molecule has 9 nitrogen and oxygen atoms in total. The number of aromatic nitrogens is 4. The Kier molecular flexibility index (Phi) is 9.28. The van der Waals surface area contributed by atoms with Crippen LogP contribution in [-0.4, -0.2) is 50.2 Å². The lowest BCUT2D eigenvalue weighted by Gasteiger charge is -2.29. The number of nitrogens with zero attached hydrogens (tertiary/aromatic N) is 4. The standard InChI is InChI=1S/C32H27F3N6O3/c33-32(34,35)44-27-17-13-22(14-18-27)19-29(42)41(21-28(24-7-3-1-4-8-24)25-9-5-2-6-10-25)20-23-11-15-26(16-12-23)30(43)36-31-37-39-40-38-31/h1-18,28H,19-21H2,(H2,36,37,38,39,40,43). The molecule has 0 aliphatic heterocycles. The smallest absolute Gasteiger partial charge is 0.406 e. The van der Waals surface area contributed by atoms with E-state index in [9.17, 15) is 22.8 Å². The summed E-state index contributed by atoms with van der Waals surface area (Å²) in [6.07, 6.45) is -4.84. The van der Waals surface area contributed by atoms with Crippen LogP contribution in [-0.2, 0) is 17.8 Å². The maximum Gasteiger partial charge on any atom is 0.573 e. The second-order valence-electron chi connectivity index (χ2n) is 9.90. The first-order valence-electron chi connectivity index (χ1n) is 13.6. The van der Waals surface area contributed by atoms with E-state index in [1.54, 1.807) is 29.2 Å². The molecule has 0 bridgehead atoms. The molecule has 0 aliphatic rings. The van der Waals surface area contributed by atoms with Gasteiger partial charge < -0.3 is 9.64 Å². The summed E-state index contributed by atoms with van der Waals surface area (Å²) in [5.74, 6) is -1.10. The second kappa shape index (κ2) is 13.6. The number of alkyl halides is 3. The van der Waals surface area contributed by atoms with Gasteiger partial charge in [-0.1, -0.05) is 90.0 Å². The lowest BCUT2D eigenvalue weighted by atomic mass is 9.90. The van der Waals surface area contributed by atoms with Gasteiger partial charge in [0.1, 0.15) is 5.75 Å². The summed E-state index contributed by atoms with van der Waals surface area (Å²) in [6, 6.07) is 31.7. The van der Waals surface area contributed by atoms with Crippen molar-refractivity contribution in [3.63, 3.8) is 0 Å². The third kappa shape index (κ3) is 8.28. The number of tetrazole rings is 1. The molecule has 0 saturated heterocycles. The monoisotopic (exact) mass is 600 g/mol. The lowest BCUT2D eigenvalue weighted by Crippen LogP contribution is -2.35. The summed E-state index contributed by atoms with van der Waals surface area (Å²) in [6.45, 7) is 0.569. The first-order valence-corrected chi connectivity index (χ1v) is 13.6. The zero-order valence-corrected chi connectivity index (χ0v) is 23.2. The van der Waals surface area contributed by atoms with Gasteiger partial charge in [-0.15, -0.1) is 18.3 Å². The Morgan fingerprint density at radius 2 is 1.41 bits per heavy atom. The third-order valence-corrected chi connectivity index (χ3v) is 6.83. The highest BCUT2D eigenvalue weighted by molar-refractivity contribution is 6.03. The van der Waals surface area contributed by atoms with Gasteiger partial charge in [-0.2, -0.15) is 5.21 Å². The summed E-state index contributed by atoms with van der Waals surface area (Å²) in [5, 5.41) is 15.6. The predicted octanol–water partition coefficient (Wildman–Crippen LogP) is 5.75. The van der Waals surface area contributed by atoms with Crippen LogP contribution in [0, 0.1) is 0 Å². The van der Waals surface area contributed by atoms with Crippen LogP contribution < -0.4 is 10.1 Å². The van der Waals surface area contributed by atoms with Gasteiger partial charge in [-0.05, 0) is 51.7 Å². The molecule has 1 heterocycles. The van der Waals surface area contributed by atoms with Crippen molar-refractivity contribution in [3.05, 3.63) is 137 Å². The first-order chi connectivity index (χ1) is 21.2. The molecule has 12 heteroatoms. The molecule has 0 unspecified atom stereocenters. The SMILES string of the molecule is O=C(Nc1nn[nH]n1)c1ccc(CN(CC(c2ccccc2)c2ccccc2)C(=O)Cc2ccc(OC(F)(F)F)cc2)cc1. The van der Waals surface area contributed by atoms with E-state index >= 15 is 0 Å². The lowest BCUT2D eigenvalue weighted by molar-refractivity contribution is -0.274. The number of hydrogen-bond acceptors (Lipinski definition) is 6. The zero-order chi connectivity index (χ0) is 30.9. The Balaban J connectivity index is 1.38. The summed E-state index contributed by atoms with van der Waals surface area (Å²) in [4.78, 5) is 28.1. The number of carbonyl (C=O) groups is 2. The van der Waals surface area contributed by atoms with Crippen LogP contribution in [0.25, 0.3) is 0 Å². The highest BCUT2D eigenvalue weighted by Crippen LogP contribution is 2.28. The van der Waals surface area contributed by atoms with Gasteiger partial charge in [0.15, 0.2) is 0 Å². The van der Waals surface area contributed by atoms with Crippen LogP contribution in [0.2, 0.25) is 0 Å². The highest BCUT2D eigenvalue weighted by Gasteiger charge is 2.31. The van der Waals surface area contributed by atoms with E-state index in [2.05, 4.69) is 30.7 Å². The number of rotatable bonds is 11. The summed E-state index contributed by atoms with van der Waals surface area (Å²) >= 11 is 0. The molecule has 44 heavy (non-hydrogen) atoms. The van der Waals surface area contributed by atoms with Gasteiger partial charge in [0.25, 0.3) is 11.9 Å². The van der Waals surface area contributed by atoms with Crippen molar-refractivity contribution in [1.82, 2.24) is 25.5 Å². The topological polar surface area (TPSA) is 113 Å². The molecule has 0 saturated carbocycles. The first kappa shape index (κ1) is 30.0. The Labute approximate surface area is 250 Å². The maximum atomic E-state index is 13.8. The molecule has 0 atom stereocenters. The van der Waals surface area contributed by atoms with Gasteiger partial charge in [0.05, 0.1) is 6.42 Å². The molecule has 0 spiro atoms. The number of halogens is 3. The van der Waals surface area contributed by atoms with Crippen LogP contribution in [0.3, 0.4) is 0 Å². The van der Waals surface area contributed by atoms with Crippen LogP contribution in [0.5, 0.6) is 5.75 Å². The number of aromatic amines is 1. The van der Waals surface area contributed by atoms with Gasteiger partial charge in [-0.25, -0.2) is 0 Å². The number of hydrogen-bond donors (Lipinski definition) is 2. The minimum absolute atomic E-state index is 0.0339. The fraction of sp³-hybridized carbons (Fsp3) is 0.156. The molecule has 5 rings (SSSR count). The van der Waals surface area contributed by atoms with E-state index in [0.717, 1.165) is 16.7 Å². The maximum absolute atomic E-state index is 13.8. The quantitative estimate of drug-likeness (QED) is 0.200. The average Bonchev–Trinajstić information content (AvgIpc) is 3.53. The molecular weight excluding hydrogens is 573 g/mol. The molecule has 5 aromatic rings. The van der Waals surface area contributed by atoms with Crippen LogP contribution in [0.1, 0.15) is 38.5 Å². The fourth-order valence-corrected chi connectivity index (χ4v) is 4.71. The number of anilines is 1. The van der Waals surface area contributed by atoms with Crippen molar-refractivity contribution in [2.75, 3.05) is 11.9 Å². The summed E-state index contributed by atoms with van der Waals surface area (Å²) < 4.78 is 41.8. The molecule has 1 aromatic heterocycles. The minimum atomic E-state index is -4.80. The third-order valence-electron chi connectivity index (χ3n) is 6.83. The Bertz CT molecular complexity index is 1610. The van der Waals surface area contributed by atoms with Crippen LogP contribution >= 0.6 is 0 Å². The largest absolute Gasteiger partial charge is 0.573 e. The van der Waals surface area contributed by atoms with Gasteiger partial charge >= 0.3 is 6.36 Å². The molecule has 4 aromatic carbocycles. The fourth-order valence-electron chi connectivity index (χ4n) is 4.71. The van der Waals surface area contributed by atoms with E-state index in [0.29, 0.717) is 17.7 Å². The highest BCUT2D eigenvalue weighted by atomic mass is 19.4. The second-order valence-corrected chi connectivity index (χ2v) is 9.90. The van der Waals surface area contributed by atoms with E-state index in [1.165, 1.54) is 24.3 Å². The molecule has 224 valence electrons. The van der Waals surface area contributed by atoms with Crippen molar-refractivity contribution >= 4 is 17.8 Å². The van der Waals surface area contributed by atoms with E-state index in [1.807, 2.05) is 60.7 Å². The number of benzene rings is 4. The minimum Gasteiger partial charge on any atom is -0.406 e. The Morgan fingerprint density at radius 1 is 0.818 bits per heavy atom. The van der Waals surface area contributed by atoms with Crippen molar-refractivity contribution in [2.45, 2.75) is 25.2 Å².